The summed E-state index contributed by atoms with van der Waals surface area (Å²) in [6.07, 6.45) is 6.57. The topological polar surface area (TPSA) is 72.2 Å². The highest BCUT2D eigenvalue weighted by atomic mass is 79.9. The number of rotatable bonds is 3. The standard InChI is InChI=1S/C19H23BrN4OS/c20-18-15(7-8-16-19(18)23-17(10-21)26-16)22-12-3-5-13(6-4-12)24-9-1-2-14(25)11-24/h7-8,12-14,22,25H,1-6,9,11H2/t12?,13?,14-/m0/s1. The lowest BCUT2D eigenvalue weighted by Crippen LogP contribution is -2.47. The number of β-amino-alcohol motifs (C(OH)–C–C–N with tert-alkyl or cyclic N) is 1. The van der Waals surface area contributed by atoms with E-state index in [0.717, 1.165) is 59.1 Å². The zero-order chi connectivity index (χ0) is 18.1. The zero-order valence-electron chi connectivity index (χ0n) is 14.6. The molecule has 2 heterocycles. The first kappa shape index (κ1) is 18.2. The van der Waals surface area contributed by atoms with Crippen LogP contribution in [0.15, 0.2) is 16.6 Å². The molecule has 1 aromatic heterocycles. The van der Waals surface area contributed by atoms with Crippen molar-refractivity contribution in [1.29, 1.82) is 5.26 Å². The first-order valence-electron chi connectivity index (χ1n) is 9.32. The molecule has 2 fully saturated rings. The van der Waals surface area contributed by atoms with Crippen LogP contribution in [0.1, 0.15) is 43.5 Å². The van der Waals surface area contributed by atoms with Gasteiger partial charge in [-0.2, -0.15) is 5.26 Å². The summed E-state index contributed by atoms with van der Waals surface area (Å²) in [5.74, 6) is 0. The predicted molar refractivity (Wildman–Crippen MR) is 109 cm³/mol. The fraction of sp³-hybridized carbons (Fsp3) is 0.579. The van der Waals surface area contributed by atoms with E-state index < -0.39 is 0 Å². The van der Waals surface area contributed by atoms with Crippen molar-refractivity contribution in [1.82, 2.24) is 9.88 Å². The molecule has 0 bridgehead atoms. The molecule has 26 heavy (non-hydrogen) atoms. The number of nitriles is 1. The number of hydrogen-bond donors (Lipinski definition) is 2. The van der Waals surface area contributed by atoms with Crippen molar-refractivity contribution in [3.63, 3.8) is 0 Å². The monoisotopic (exact) mass is 434 g/mol. The average Bonchev–Trinajstić information content (AvgIpc) is 3.09. The van der Waals surface area contributed by atoms with Gasteiger partial charge in [0.15, 0.2) is 5.01 Å². The highest BCUT2D eigenvalue weighted by Crippen LogP contribution is 2.36. The summed E-state index contributed by atoms with van der Waals surface area (Å²) in [5, 5.41) is 23.1. The van der Waals surface area contributed by atoms with Crippen LogP contribution in [0.25, 0.3) is 10.2 Å². The molecule has 4 rings (SSSR count). The number of hydrogen-bond acceptors (Lipinski definition) is 6. The Morgan fingerprint density at radius 1 is 1.27 bits per heavy atom. The van der Waals surface area contributed by atoms with Gasteiger partial charge in [0.1, 0.15) is 6.07 Å². The number of anilines is 1. The summed E-state index contributed by atoms with van der Waals surface area (Å²) in [4.78, 5) is 6.90. The van der Waals surface area contributed by atoms with E-state index in [1.54, 1.807) is 0 Å². The second kappa shape index (κ2) is 7.81. The van der Waals surface area contributed by atoms with E-state index in [0.29, 0.717) is 17.1 Å². The number of thiazole rings is 1. The number of nitrogens with one attached hydrogen (secondary N) is 1. The Morgan fingerprint density at radius 2 is 2.08 bits per heavy atom. The van der Waals surface area contributed by atoms with Gasteiger partial charge in [0, 0.05) is 18.6 Å². The van der Waals surface area contributed by atoms with Gasteiger partial charge >= 0.3 is 0 Å². The maximum absolute atomic E-state index is 9.91. The van der Waals surface area contributed by atoms with Gasteiger partial charge in [-0.1, -0.05) is 0 Å². The number of benzene rings is 1. The van der Waals surface area contributed by atoms with Gasteiger partial charge in [0.25, 0.3) is 0 Å². The van der Waals surface area contributed by atoms with Crippen LogP contribution in [-0.2, 0) is 0 Å². The van der Waals surface area contributed by atoms with E-state index in [1.807, 2.05) is 6.07 Å². The molecule has 138 valence electrons. The SMILES string of the molecule is N#Cc1nc2c(Br)c(NC3CCC(N4CCC[C@H](O)C4)CC3)ccc2s1. The number of aromatic nitrogens is 1. The van der Waals surface area contributed by atoms with Crippen LogP contribution in [0.5, 0.6) is 0 Å². The minimum Gasteiger partial charge on any atom is -0.392 e. The van der Waals surface area contributed by atoms with E-state index >= 15 is 0 Å². The fourth-order valence-corrected chi connectivity index (χ4v) is 5.69. The molecule has 1 aliphatic heterocycles. The Bertz CT molecular complexity index is 825. The zero-order valence-corrected chi connectivity index (χ0v) is 17.0. The van der Waals surface area contributed by atoms with E-state index in [9.17, 15) is 5.11 Å². The molecule has 1 aliphatic carbocycles. The number of aliphatic hydroxyl groups excluding tert-OH is 1. The van der Waals surface area contributed by atoms with Crippen molar-refractivity contribution >= 4 is 43.2 Å². The second-order valence-corrected chi connectivity index (χ2v) is 9.17. The summed E-state index contributed by atoms with van der Waals surface area (Å²) in [6.45, 7) is 1.98. The molecule has 0 spiro atoms. The minimum atomic E-state index is -0.140. The smallest absolute Gasteiger partial charge is 0.195 e. The maximum atomic E-state index is 9.91. The lowest BCUT2D eigenvalue weighted by molar-refractivity contribution is 0.0352. The molecule has 0 radical (unpaired) electrons. The second-order valence-electron chi connectivity index (χ2n) is 7.35. The van der Waals surface area contributed by atoms with E-state index in [-0.39, 0.29) is 6.10 Å². The lowest BCUT2D eigenvalue weighted by atomic mass is 9.89. The first-order chi connectivity index (χ1) is 12.6. The third kappa shape index (κ3) is 3.74. The average molecular weight is 435 g/mol. The van der Waals surface area contributed by atoms with E-state index in [1.165, 1.54) is 24.2 Å². The highest BCUT2D eigenvalue weighted by Gasteiger charge is 2.29. The Labute approximate surface area is 166 Å². The van der Waals surface area contributed by atoms with Crippen LogP contribution in [0.3, 0.4) is 0 Å². The van der Waals surface area contributed by atoms with Crippen molar-refractivity contribution in [3.05, 3.63) is 21.6 Å². The molecule has 2 aliphatic rings. The number of halogens is 1. The third-order valence-electron chi connectivity index (χ3n) is 5.60. The van der Waals surface area contributed by atoms with Crippen molar-refractivity contribution in [2.75, 3.05) is 18.4 Å². The van der Waals surface area contributed by atoms with Gasteiger partial charge in [0.2, 0.25) is 0 Å². The first-order valence-corrected chi connectivity index (χ1v) is 10.9. The van der Waals surface area contributed by atoms with Crippen LogP contribution in [-0.4, -0.2) is 46.3 Å². The van der Waals surface area contributed by atoms with Crippen LogP contribution in [0.2, 0.25) is 0 Å². The van der Waals surface area contributed by atoms with E-state index in [2.05, 4.69) is 43.3 Å². The Hall–Kier alpha value is -1.20. The van der Waals surface area contributed by atoms with Crippen LogP contribution >= 0.6 is 27.3 Å². The Morgan fingerprint density at radius 3 is 2.81 bits per heavy atom. The molecule has 7 heteroatoms. The van der Waals surface area contributed by atoms with Crippen molar-refractivity contribution in [2.24, 2.45) is 0 Å². The summed E-state index contributed by atoms with van der Waals surface area (Å²) in [5.41, 5.74) is 1.93. The van der Waals surface area contributed by atoms with Crippen LogP contribution < -0.4 is 5.32 Å². The van der Waals surface area contributed by atoms with Gasteiger partial charge in [-0.15, -0.1) is 11.3 Å². The van der Waals surface area contributed by atoms with Crippen molar-refractivity contribution < 1.29 is 5.11 Å². The van der Waals surface area contributed by atoms with Gasteiger partial charge in [-0.25, -0.2) is 4.98 Å². The molecule has 1 saturated carbocycles. The number of piperidine rings is 1. The molecule has 1 saturated heterocycles. The van der Waals surface area contributed by atoms with Crippen LogP contribution in [0.4, 0.5) is 5.69 Å². The molecule has 0 unspecified atom stereocenters. The molecular formula is C19H23BrN4OS. The summed E-state index contributed by atoms with van der Waals surface area (Å²) < 4.78 is 1.99. The minimum absolute atomic E-state index is 0.140. The molecule has 0 amide bonds. The molecule has 5 nitrogen and oxygen atoms in total. The molecule has 2 aromatic rings. The Kier molecular flexibility index (Phi) is 5.46. The van der Waals surface area contributed by atoms with Gasteiger partial charge in [-0.3, -0.25) is 4.90 Å². The molecule has 1 atom stereocenters. The Balaban J connectivity index is 1.39. The fourth-order valence-electron chi connectivity index (χ4n) is 4.24. The summed E-state index contributed by atoms with van der Waals surface area (Å²) in [6, 6.07) is 7.33. The largest absolute Gasteiger partial charge is 0.392 e. The van der Waals surface area contributed by atoms with Crippen molar-refractivity contribution in [2.45, 2.75) is 56.7 Å². The van der Waals surface area contributed by atoms with Crippen LogP contribution in [0, 0.1) is 11.3 Å². The normalized spacial score (nSPS) is 27.3. The summed E-state index contributed by atoms with van der Waals surface area (Å²) in [7, 11) is 0. The van der Waals surface area contributed by atoms with Gasteiger partial charge in [0.05, 0.1) is 26.5 Å². The van der Waals surface area contributed by atoms with Gasteiger partial charge in [-0.05, 0) is 73.1 Å². The highest BCUT2D eigenvalue weighted by molar-refractivity contribution is 9.10. The van der Waals surface area contributed by atoms with Gasteiger partial charge < -0.3 is 10.4 Å². The quantitative estimate of drug-likeness (QED) is 0.759. The maximum Gasteiger partial charge on any atom is 0.195 e. The third-order valence-corrected chi connectivity index (χ3v) is 7.32. The molecular weight excluding hydrogens is 412 g/mol. The number of aliphatic hydroxyl groups is 1. The lowest BCUT2D eigenvalue weighted by Gasteiger charge is -2.40. The summed E-state index contributed by atoms with van der Waals surface area (Å²) >= 11 is 5.09. The predicted octanol–water partition coefficient (Wildman–Crippen LogP) is 4.11. The van der Waals surface area contributed by atoms with E-state index in [4.69, 9.17) is 5.26 Å². The number of nitrogens with zero attached hydrogens (tertiary/aromatic N) is 3. The van der Waals surface area contributed by atoms with Crippen molar-refractivity contribution in [3.8, 4) is 6.07 Å². The number of fused-ring (bicyclic) bond motifs is 1. The molecule has 1 aromatic carbocycles. The number of likely N-dealkylation sites (tertiary alicyclic amines) is 1. The molecule has 2 N–H and O–H groups in total.